The molecule has 2 amide bonds. The van der Waals surface area contributed by atoms with Crippen molar-refractivity contribution in [2.75, 3.05) is 10.6 Å². The second-order valence-corrected chi connectivity index (χ2v) is 8.29. The Morgan fingerprint density at radius 1 is 0.943 bits per heavy atom. The molecule has 4 aromatic rings. The number of aryl methyl sites for hydroxylation is 1. The number of amides is 2. The van der Waals surface area contributed by atoms with Crippen molar-refractivity contribution in [3.63, 3.8) is 0 Å². The summed E-state index contributed by atoms with van der Waals surface area (Å²) in [6.45, 7) is 5.48. The Hall–Kier alpha value is -4.26. The number of carbonyl (C=O) groups excluding carboxylic acids is 2. The first-order valence-electron chi connectivity index (χ1n) is 11.7. The van der Waals surface area contributed by atoms with E-state index in [1.54, 1.807) is 38.1 Å². The second-order valence-electron chi connectivity index (χ2n) is 8.29. The van der Waals surface area contributed by atoms with Gasteiger partial charge in [0.2, 0.25) is 11.8 Å². The van der Waals surface area contributed by atoms with Crippen LogP contribution in [0.5, 0.6) is 0 Å². The van der Waals surface area contributed by atoms with Gasteiger partial charge in [-0.05, 0) is 55.3 Å². The first-order valence-corrected chi connectivity index (χ1v) is 11.7. The van der Waals surface area contributed by atoms with Crippen molar-refractivity contribution in [1.29, 1.82) is 0 Å². The Kier molecular flexibility index (Phi) is 7.06. The van der Waals surface area contributed by atoms with E-state index in [4.69, 9.17) is 0 Å². The number of aromatic nitrogens is 2. The third-order valence-corrected chi connectivity index (χ3v) is 5.95. The lowest BCUT2D eigenvalue weighted by Crippen LogP contribution is -2.33. The third-order valence-electron chi connectivity index (χ3n) is 5.95. The normalized spacial score (nSPS) is 11.7. The van der Waals surface area contributed by atoms with Crippen molar-refractivity contribution in [2.45, 2.75) is 39.7 Å². The van der Waals surface area contributed by atoms with E-state index in [0.717, 1.165) is 12.0 Å². The molecule has 0 fully saturated rings. The van der Waals surface area contributed by atoms with E-state index in [0.29, 0.717) is 34.4 Å². The topological polar surface area (TPSA) is 93.1 Å². The van der Waals surface area contributed by atoms with Crippen molar-refractivity contribution in [3.05, 3.63) is 88.7 Å². The lowest BCUT2D eigenvalue weighted by Gasteiger charge is -2.20. The van der Waals surface area contributed by atoms with Crippen LogP contribution in [-0.2, 0) is 16.0 Å². The highest BCUT2D eigenvalue weighted by molar-refractivity contribution is 5.96. The number of carbonyl (C=O) groups is 2. The van der Waals surface area contributed by atoms with Gasteiger partial charge in [0.15, 0.2) is 0 Å². The van der Waals surface area contributed by atoms with Crippen molar-refractivity contribution in [1.82, 2.24) is 9.55 Å². The fraction of sp³-hybridized carbons (Fsp3) is 0.214. The molecular weight excluding hydrogens is 440 g/mol. The highest BCUT2D eigenvalue weighted by Gasteiger charge is 2.23. The zero-order valence-corrected chi connectivity index (χ0v) is 20.0. The monoisotopic (exact) mass is 468 g/mol. The molecule has 7 nitrogen and oxygen atoms in total. The molecule has 0 aliphatic carbocycles. The predicted molar refractivity (Wildman–Crippen MR) is 140 cm³/mol. The van der Waals surface area contributed by atoms with Gasteiger partial charge < -0.3 is 10.6 Å². The molecule has 0 aliphatic rings. The molecule has 0 bridgehead atoms. The summed E-state index contributed by atoms with van der Waals surface area (Å²) < 4.78 is 1.47. The van der Waals surface area contributed by atoms with Crippen LogP contribution >= 0.6 is 0 Å². The summed E-state index contributed by atoms with van der Waals surface area (Å²) in [5.41, 5.74) is 3.62. The van der Waals surface area contributed by atoms with E-state index < -0.39 is 11.6 Å². The van der Waals surface area contributed by atoms with Gasteiger partial charge in [-0.2, -0.15) is 0 Å². The lowest BCUT2D eigenvalue weighted by atomic mass is 10.0. The van der Waals surface area contributed by atoms with Gasteiger partial charge in [0.25, 0.3) is 5.56 Å². The summed E-state index contributed by atoms with van der Waals surface area (Å²) in [7, 11) is 0. The highest BCUT2D eigenvalue weighted by Crippen LogP contribution is 2.29. The first kappa shape index (κ1) is 23.9. The van der Waals surface area contributed by atoms with E-state index >= 15 is 0 Å². The maximum absolute atomic E-state index is 13.9. The molecule has 1 heterocycles. The summed E-state index contributed by atoms with van der Waals surface area (Å²) in [4.78, 5) is 43.9. The van der Waals surface area contributed by atoms with Crippen LogP contribution in [0.4, 0.5) is 11.4 Å². The molecule has 7 heteroatoms. The van der Waals surface area contributed by atoms with Gasteiger partial charge in [0.05, 0.1) is 16.7 Å². The smallest absolute Gasteiger partial charge is 0.278 e. The van der Waals surface area contributed by atoms with Gasteiger partial charge in [-0.15, -0.1) is 0 Å². The second kappa shape index (κ2) is 10.3. The Morgan fingerprint density at radius 2 is 1.66 bits per heavy atom. The molecule has 0 aliphatic heterocycles. The molecule has 1 atom stereocenters. The van der Waals surface area contributed by atoms with Crippen LogP contribution in [0.25, 0.3) is 22.3 Å². The van der Waals surface area contributed by atoms with Gasteiger partial charge in [-0.25, -0.2) is 4.98 Å². The van der Waals surface area contributed by atoms with Crippen molar-refractivity contribution in [2.24, 2.45) is 0 Å². The molecule has 35 heavy (non-hydrogen) atoms. The van der Waals surface area contributed by atoms with Crippen LogP contribution in [0.3, 0.4) is 0 Å². The average molecular weight is 469 g/mol. The van der Waals surface area contributed by atoms with Crippen LogP contribution < -0.4 is 16.2 Å². The maximum Gasteiger partial charge on any atom is 0.278 e. The Balaban J connectivity index is 1.89. The molecular formula is C28H28N4O3. The number of hydrogen-bond donors (Lipinski definition) is 2. The summed E-state index contributed by atoms with van der Waals surface area (Å²) in [6, 6.07) is 21.1. The molecule has 0 radical (unpaired) electrons. The zero-order valence-electron chi connectivity index (χ0n) is 20.0. The Bertz CT molecular complexity index is 1440. The molecule has 0 unspecified atom stereocenters. The summed E-state index contributed by atoms with van der Waals surface area (Å²) >= 11 is 0. The zero-order chi connectivity index (χ0) is 24.9. The quantitative estimate of drug-likeness (QED) is 0.391. The van der Waals surface area contributed by atoms with Crippen molar-refractivity contribution < 1.29 is 9.59 Å². The Labute approximate surface area is 203 Å². The van der Waals surface area contributed by atoms with Gasteiger partial charge in [0.1, 0.15) is 11.7 Å². The number of benzene rings is 3. The van der Waals surface area contributed by atoms with Crippen LogP contribution in [0.15, 0.2) is 77.6 Å². The number of rotatable bonds is 7. The van der Waals surface area contributed by atoms with Crippen LogP contribution in [0.2, 0.25) is 0 Å². The molecule has 0 spiro atoms. The van der Waals surface area contributed by atoms with E-state index in [2.05, 4.69) is 15.6 Å². The minimum Gasteiger partial charge on any atom is -0.325 e. The molecule has 3 aromatic carbocycles. The molecule has 2 N–H and O–H groups in total. The number of anilines is 2. The largest absolute Gasteiger partial charge is 0.325 e. The maximum atomic E-state index is 13.9. The number of nitrogens with zero attached hydrogens (tertiary/aromatic N) is 2. The summed E-state index contributed by atoms with van der Waals surface area (Å²) in [5.74, 6) is -0.477. The number of para-hydroxylation sites is 3. The van der Waals surface area contributed by atoms with E-state index in [-0.39, 0.29) is 17.5 Å². The summed E-state index contributed by atoms with van der Waals surface area (Å²) in [6.07, 6.45) is 1.06. The SMILES string of the molecule is CCC(=O)Nc1ccc(CC)cc1-c1nc2ccccc2n([C@H](C)C(=O)Nc2ccccc2)c1=O. The van der Waals surface area contributed by atoms with Crippen LogP contribution in [0.1, 0.15) is 38.8 Å². The number of nitrogens with one attached hydrogen (secondary N) is 2. The van der Waals surface area contributed by atoms with E-state index in [9.17, 15) is 14.4 Å². The third kappa shape index (κ3) is 4.99. The molecule has 0 saturated heterocycles. The average Bonchev–Trinajstić information content (AvgIpc) is 2.88. The molecule has 1 aromatic heterocycles. The van der Waals surface area contributed by atoms with E-state index in [1.165, 1.54) is 4.57 Å². The van der Waals surface area contributed by atoms with Gasteiger partial charge >= 0.3 is 0 Å². The fourth-order valence-corrected chi connectivity index (χ4v) is 3.95. The first-order chi connectivity index (χ1) is 16.9. The van der Waals surface area contributed by atoms with Crippen molar-refractivity contribution in [3.8, 4) is 11.3 Å². The van der Waals surface area contributed by atoms with Crippen LogP contribution in [-0.4, -0.2) is 21.4 Å². The van der Waals surface area contributed by atoms with Crippen molar-refractivity contribution >= 4 is 34.2 Å². The highest BCUT2D eigenvalue weighted by atomic mass is 16.2. The summed E-state index contributed by atoms with van der Waals surface area (Å²) in [5, 5.41) is 5.76. The standard InChI is InChI=1S/C28H28N4O3/c1-4-19-15-16-22(30-25(33)5-2)21(17-19)26-28(35)32(24-14-10-9-13-23(24)31-26)18(3)27(34)29-20-11-7-6-8-12-20/h6-18H,4-5H2,1-3H3,(H,29,34)(H,30,33)/t18-/m1/s1. The van der Waals surface area contributed by atoms with Gasteiger partial charge in [-0.1, -0.05) is 50.2 Å². The predicted octanol–water partition coefficient (Wildman–Crippen LogP) is 5.17. The van der Waals surface area contributed by atoms with Gasteiger partial charge in [-0.3, -0.25) is 19.0 Å². The number of hydrogen-bond acceptors (Lipinski definition) is 4. The van der Waals surface area contributed by atoms with Gasteiger partial charge in [0, 0.05) is 17.7 Å². The van der Waals surface area contributed by atoms with Crippen LogP contribution in [0, 0.1) is 0 Å². The lowest BCUT2D eigenvalue weighted by molar-refractivity contribution is -0.119. The minimum absolute atomic E-state index is 0.160. The fourth-order valence-electron chi connectivity index (χ4n) is 3.95. The number of fused-ring (bicyclic) bond motifs is 1. The Morgan fingerprint density at radius 3 is 2.37 bits per heavy atom. The molecule has 178 valence electrons. The molecule has 0 saturated carbocycles. The van der Waals surface area contributed by atoms with E-state index in [1.807, 2.05) is 55.5 Å². The molecule has 4 rings (SSSR count). The minimum atomic E-state index is -0.808.